The van der Waals surface area contributed by atoms with Crippen LogP contribution in [-0.4, -0.2) is 34.5 Å². The number of rotatable bonds is 11. The van der Waals surface area contributed by atoms with Crippen LogP contribution in [0.25, 0.3) is 10.9 Å². The van der Waals surface area contributed by atoms with Crippen molar-refractivity contribution in [3.05, 3.63) is 99.2 Å². The van der Waals surface area contributed by atoms with Gasteiger partial charge < -0.3 is 30.7 Å². The molecule has 4 rings (SSSR count). The van der Waals surface area contributed by atoms with Crippen LogP contribution in [0.15, 0.2) is 69.9 Å². The van der Waals surface area contributed by atoms with Gasteiger partial charge in [0, 0.05) is 24.9 Å². The average molecular weight is 615 g/mol. The summed E-state index contributed by atoms with van der Waals surface area (Å²) < 4.78 is 16.1. The highest BCUT2D eigenvalue weighted by molar-refractivity contribution is 6.15. The lowest BCUT2D eigenvalue weighted by Gasteiger charge is -2.21. The molecule has 0 unspecified atom stereocenters. The highest BCUT2D eigenvalue weighted by Crippen LogP contribution is 2.33. The first-order chi connectivity index (χ1) is 21.3. The van der Waals surface area contributed by atoms with Gasteiger partial charge in [0.2, 0.25) is 0 Å². The molecule has 11 heteroatoms. The Bertz CT molecular complexity index is 1750. The van der Waals surface area contributed by atoms with Crippen molar-refractivity contribution < 1.29 is 28.3 Å². The number of carbonyl (C=O) groups excluding carboxylic acids is 3. The Morgan fingerprint density at radius 1 is 0.956 bits per heavy atom. The molecular weight excluding hydrogens is 576 g/mol. The number of aromatic nitrogens is 1. The van der Waals surface area contributed by atoms with Gasteiger partial charge in [0.05, 0.1) is 22.7 Å². The first-order valence-corrected chi connectivity index (χ1v) is 14.6. The third-order valence-electron chi connectivity index (χ3n) is 7.00. The summed E-state index contributed by atoms with van der Waals surface area (Å²) in [6.07, 6.45) is -0.120. The molecule has 0 aliphatic rings. The molecule has 3 aromatic carbocycles. The summed E-state index contributed by atoms with van der Waals surface area (Å²) >= 11 is 0. The Morgan fingerprint density at radius 2 is 1.58 bits per heavy atom. The normalized spacial score (nSPS) is 12.0. The lowest BCUT2D eigenvalue weighted by atomic mass is 9.92. The van der Waals surface area contributed by atoms with E-state index in [9.17, 15) is 19.2 Å². The number of nitrogen functional groups attached to an aromatic ring is 2. The smallest absolute Gasteiger partial charge is 0.408 e. The SMILES string of the molecule is Cc1c(N)c(C(=O)[C@H](Cc2ccccc2)NC(=O)OCc2ccccc2)c(N)c2nc(CCCC(=O)OC(C)(C)C)oc(=O)c12. The van der Waals surface area contributed by atoms with E-state index in [2.05, 4.69) is 10.3 Å². The van der Waals surface area contributed by atoms with E-state index < -0.39 is 29.1 Å². The summed E-state index contributed by atoms with van der Waals surface area (Å²) in [6.45, 7) is 6.91. The van der Waals surface area contributed by atoms with Gasteiger partial charge in [-0.15, -0.1) is 0 Å². The number of Topliss-reactive ketones (excluding diaryl/α,β-unsaturated/α-hetero) is 1. The van der Waals surface area contributed by atoms with Crippen molar-refractivity contribution in [2.45, 2.75) is 71.6 Å². The second kappa shape index (κ2) is 14.1. The van der Waals surface area contributed by atoms with Gasteiger partial charge in [-0.3, -0.25) is 9.59 Å². The van der Waals surface area contributed by atoms with Gasteiger partial charge in [0.1, 0.15) is 17.7 Å². The number of nitrogens with two attached hydrogens (primary N) is 2. The van der Waals surface area contributed by atoms with Crippen molar-refractivity contribution in [2.75, 3.05) is 11.5 Å². The van der Waals surface area contributed by atoms with Gasteiger partial charge in [-0.2, -0.15) is 0 Å². The van der Waals surface area contributed by atoms with E-state index >= 15 is 0 Å². The molecule has 0 aliphatic heterocycles. The van der Waals surface area contributed by atoms with E-state index in [1.165, 1.54) is 0 Å². The van der Waals surface area contributed by atoms with E-state index in [0.717, 1.165) is 11.1 Å². The predicted octanol–water partition coefficient (Wildman–Crippen LogP) is 5.05. The molecule has 0 fully saturated rings. The highest BCUT2D eigenvalue weighted by Gasteiger charge is 2.30. The van der Waals surface area contributed by atoms with Crippen molar-refractivity contribution in [3.8, 4) is 0 Å². The molecule has 5 N–H and O–H groups in total. The van der Waals surface area contributed by atoms with Crippen molar-refractivity contribution in [3.63, 3.8) is 0 Å². The number of benzene rings is 3. The van der Waals surface area contributed by atoms with Crippen LogP contribution in [0.4, 0.5) is 16.2 Å². The highest BCUT2D eigenvalue weighted by atomic mass is 16.6. The summed E-state index contributed by atoms with van der Waals surface area (Å²) in [5.41, 5.74) is 13.3. The van der Waals surface area contributed by atoms with Crippen molar-refractivity contribution in [2.24, 2.45) is 0 Å². The van der Waals surface area contributed by atoms with Crippen LogP contribution in [0.2, 0.25) is 0 Å². The van der Waals surface area contributed by atoms with Gasteiger partial charge in [0.25, 0.3) is 0 Å². The van der Waals surface area contributed by atoms with E-state index in [1.807, 2.05) is 60.7 Å². The minimum atomic E-state index is -1.11. The van der Waals surface area contributed by atoms with Crippen molar-refractivity contribution in [1.82, 2.24) is 10.3 Å². The Balaban J connectivity index is 1.64. The number of ketones is 1. The number of hydrogen-bond acceptors (Lipinski definition) is 10. The molecule has 11 nitrogen and oxygen atoms in total. The lowest BCUT2D eigenvalue weighted by Crippen LogP contribution is -2.43. The van der Waals surface area contributed by atoms with Crippen molar-refractivity contribution in [1.29, 1.82) is 0 Å². The number of hydrogen-bond donors (Lipinski definition) is 3. The molecule has 0 aliphatic carbocycles. The predicted molar refractivity (Wildman–Crippen MR) is 171 cm³/mol. The molecular formula is C34H38N4O7. The average Bonchev–Trinajstić information content (AvgIpc) is 2.98. The molecule has 4 aromatic rings. The van der Waals surface area contributed by atoms with Crippen LogP contribution in [0.5, 0.6) is 0 Å². The topological polar surface area (TPSA) is 177 Å². The number of carbonyl (C=O) groups is 3. The summed E-state index contributed by atoms with van der Waals surface area (Å²) in [5, 5.41) is 2.72. The van der Waals surface area contributed by atoms with Gasteiger partial charge in [-0.05, 0) is 50.8 Å². The van der Waals surface area contributed by atoms with Crippen LogP contribution in [0.3, 0.4) is 0 Å². The first kappa shape index (κ1) is 32.7. The fourth-order valence-electron chi connectivity index (χ4n) is 4.86. The number of fused-ring (bicyclic) bond motifs is 1. The van der Waals surface area contributed by atoms with E-state index in [4.69, 9.17) is 25.4 Å². The fraction of sp³-hybridized carbons (Fsp3) is 0.324. The Hall–Kier alpha value is -5.19. The van der Waals surface area contributed by atoms with Gasteiger partial charge in [-0.1, -0.05) is 60.7 Å². The number of esters is 1. The summed E-state index contributed by atoms with van der Waals surface area (Å²) in [6, 6.07) is 17.2. The minimum Gasteiger partial charge on any atom is -0.460 e. The molecule has 1 aromatic heterocycles. The second-order valence-electron chi connectivity index (χ2n) is 11.7. The van der Waals surface area contributed by atoms with Crippen LogP contribution < -0.4 is 22.4 Å². The third kappa shape index (κ3) is 8.47. The lowest BCUT2D eigenvalue weighted by molar-refractivity contribution is -0.154. The zero-order chi connectivity index (χ0) is 32.7. The van der Waals surface area contributed by atoms with Crippen LogP contribution >= 0.6 is 0 Å². The van der Waals surface area contributed by atoms with Gasteiger partial charge >= 0.3 is 17.7 Å². The third-order valence-corrected chi connectivity index (χ3v) is 7.00. The number of aryl methyl sites for hydroxylation is 2. The Labute approximate surface area is 260 Å². The van der Waals surface area contributed by atoms with E-state index in [1.54, 1.807) is 27.7 Å². The summed E-state index contributed by atoms with van der Waals surface area (Å²) in [5.74, 6) is -0.910. The summed E-state index contributed by atoms with van der Waals surface area (Å²) in [7, 11) is 0. The Kier molecular flexibility index (Phi) is 10.2. The second-order valence-corrected chi connectivity index (χ2v) is 11.7. The van der Waals surface area contributed by atoms with Crippen LogP contribution in [0.1, 0.15) is 66.6 Å². The molecule has 0 saturated carbocycles. The number of anilines is 2. The number of ether oxygens (including phenoxy) is 2. The largest absolute Gasteiger partial charge is 0.460 e. The molecule has 45 heavy (non-hydrogen) atoms. The van der Waals surface area contributed by atoms with E-state index in [-0.39, 0.29) is 71.1 Å². The number of nitrogens with one attached hydrogen (secondary N) is 1. The molecule has 0 radical (unpaired) electrons. The van der Waals surface area contributed by atoms with Gasteiger partial charge in [-0.25, -0.2) is 14.6 Å². The molecule has 0 saturated heterocycles. The molecule has 0 bridgehead atoms. The standard InChI is InChI=1S/C34H38N4O7/c1-20-26-30(38-24(44-32(26)41)16-11-17-25(39)45-34(2,3)4)29(36)27(28(20)35)31(40)23(18-21-12-7-5-8-13-21)37-33(42)43-19-22-14-9-6-10-15-22/h5-10,12-15,23H,11,16-19,35-36H2,1-4H3,(H,37,42)/t23-/m0/s1. The van der Waals surface area contributed by atoms with Crippen LogP contribution in [0, 0.1) is 6.92 Å². The quantitative estimate of drug-likeness (QED) is 0.118. The molecule has 0 spiro atoms. The monoisotopic (exact) mass is 614 g/mol. The number of amides is 1. The van der Waals surface area contributed by atoms with Crippen LogP contribution in [-0.2, 0) is 33.7 Å². The fourth-order valence-corrected chi connectivity index (χ4v) is 4.86. The Morgan fingerprint density at radius 3 is 2.20 bits per heavy atom. The van der Waals surface area contributed by atoms with Crippen molar-refractivity contribution >= 4 is 40.1 Å². The maximum absolute atomic E-state index is 14.1. The molecule has 1 amide bonds. The first-order valence-electron chi connectivity index (χ1n) is 14.6. The molecule has 1 atom stereocenters. The zero-order valence-corrected chi connectivity index (χ0v) is 25.8. The number of nitrogens with zero attached hydrogens (tertiary/aromatic N) is 1. The molecule has 236 valence electrons. The number of alkyl carbamates (subject to hydrolysis) is 1. The van der Waals surface area contributed by atoms with E-state index in [0.29, 0.717) is 6.42 Å². The maximum atomic E-state index is 14.1. The molecule has 1 heterocycles. The maximum Gasteiger partial charge on any atom is 0.408 e. The zero-order valence-electron chi connectivity index (χ0n) is 25.8. The summed E-state index contributed by atoms with van der Waals surface area (Å²) in [4.78, 5) is 56.6. The minimum absolute atomic E-state index is 0.00861. The van der Waals surface area contributed by atoms with Gasteiger partial charge in [0.15, 0.2) is 11.7 Å².